The Morgan fingerprint density at radius 3 is 2.50 bits per heavy atom. The Hall–Kier alpha value is -0.120. The highest BCUT2D eigenvalue weighted by Crippen LogP contribution is 2.22. The molecule has 0 aliphatic carbocycles. The number of nitrogens with one attached hydrogen (secondary N) is 1. The lowest BCUT2D eigenvalue weighted by molar-refractivity contribution is -0.00836. The van der Waals surface area contributed by atoms with Crippen molar-refractivity contribution in [3.05, 3.63) is 0 Å². The summed E-state index contributed by atoms with van der Waals surface area (Å²) in [4.78, 5) is 2.64. The van der Waals surface area contributed by atoms with Gasteiger partial charge in [0.15, 0.2) is 0 Å². The summed E-state index contributed by atoms with van der Waals surface area (Å²) in [7, 11) is 1.81. The molecule has 108 valence electrons. The van der Waals surface area contributed by atoms with Gasteiger partial charge < -0.3 is 10.1 Å². The second-order valence-electron chi connectivity index (χ2n) is 7.26. The molecule has 0 aromatic carbocycles. The highest BCUT2D eigenvalue weighted by atomic mass is 16.5. The van der Waals surface area contributed by atoms with E-state index in [1.54, 1.807) is 0 Å². The molecule has 0 aromatic rings. The molecule has 3 nitrogen and oxygen atoms in total. The van der Waals surface area contributed by atoms with Crippen LogP contribution in [-0.2, 0) is 4.74 Å². The first-order valence-corrected chi connectivity index (χ1v) is 7.21. The average Bonchev–Trinajstić information content (AvgIpc) is 2.25. The molecule has 1 aliphatic rings. The van der Waals surface area contributed by atoms with Crippen molar-refractivity contribution in [2.45, 2.75) is 65.1 Å². The standard InChI is InChI=1S/C15H32N2O/c1-12(2)13-10-16-14(3,4)11-17(13)9-8-15(5,6)18-7/h12-13,16H,8-11H2,1-7H3. The summed E-state index contributed by atoms with van der Waals surface area (Å²) in [6.07, 6.45) is 1.09. The van der Waals surface area contributed by atoms with Crippen LogP contribution in [0.15, 0.2) is 0 Å². The van der Waals surface area contributed by atoms with E-state index in [0.29, 0.717) is 12.0 Å². The van der Waals surface area contributed by atoms with Gasteiger partial charge in [-0.2, -0.15) is 0 Å². The molecule has 1 aliphatic heterocycles. The van der Waals surface area contributed by atoms with Gasteiger partial charge in [0, 0.05) is 38.3 Å². The van der Waals surface area contributed by atoms with E-state index >= 15 is 0 Å². The van der Waals surface area contributed by atoms with Gasteiger partial charge in [-0.15, -0.1) is 0 Å². The zero-order chi connectivity index (χ0) is 14.0. The Balaban J connectivity index is 2.62. The second-order valence-corrected chi connectivity index (χ2v) is 7.26. The van der Waals surface area contributed by atoms with E-state index in [-0.39, 0.29) is 11.1 Å². The SMILES string of the molecule is COC(C)(C)CCN1CC(C)(C)NCC1C(C)C. The van der Waals surface area contributed by atoms with Crippen molar-refractivity contribution in [3.8, 4) is 0 Å². The van der Waals surface area contributed by atoms with Crippen LogP contribution in [0, 0.1) is 5.92 Å². The molecule has 1 unspecified atom stereocenters. The highest BCUT2D eigenvalue weighted by Gasteiger charge is 2.34. The monoisotopic (exact) mass is 256 g/mol. The van der Waals surface area contributed by atoms with Crippen molar-refractivity contribution in [1.29, 1.82) is 0 Å². The minimum absolute atomic E-state index is 0.0173. The van der Waals surface area contributed by atoms with Gasteiger partial charge in [-0.3, -0.25) is 4.90 Å². The molecule has 0 bridgehead atoms. The van der Waals surface area contributed by atoms with E-state index in [1.807, 2.05) is 7.11 Å². The smallest absolute Gasteiger partial charge is 0.0634 e. The van der Waals surface area contributed by atoms with Gasteiger partial charge in [0.05, 0.1) is 5.60 Å². The van der Waals surface area contributed by atoms with Gasteiger partial charge >= 0.3 is 0 Å². The van der Waals surface area contributed by atoms with Crippen molar-refractivity contribution in [3.63, 3.8) is 0 Å². The van der Waals surface area contributed by atoms with Crippen molar-refractivity contribution >= 4 is 0 Å². The maximum Gasteiger partial charge on any atom is 0.0634 e. The Morgan fingerprint density at radius 2 is 2.00 bits per heavy atom. The van der Waals surface area contributed by atoms with Crippen LogP contribution in [0.5, 0.6) is 0 Å². The number of ether oxygens (including phenoxy) is 1. The van der Waals surface area contributed by atoms with Gasteiger partial charge in [-0.05, 0) is 40.0 Å². The minimum atomic E-state index is -0.0173. The van der Waals surface area contributed by atoms with Gasteiger partial charge in [-0.1, -0.05) is 13.8 Å². The summed E-state index contributed by atoms with van der Waals surface area (Å²) in [6.45, 7) is 16.9. The quantitative estimate of drug-likeness (QED) is 0.818. The molecular weight excluding hydrogens is 224 g/mol. The molecule has 1 N–H and O–H groups in total. The van der Waals surface area contributed by atoms with Crippen LogP contribution >= 0.6 is 0 Å². The summed E-state index contributed by atoms with van der Waals surface area (Å²) in [6, 6.07) is 0.644. The van der Waals surface area contributed by atoms with E-state index in [2.05, 4.69) is 51.8 Å². The molecule has 1 atom stereocenters. The summed E-state index contributed by atoms with van der Waals surface area (Å²) in [5.74, 6) is 0.694. The topological polar surface area (TPSA) is 24.5 Å². The summed E-state index contributed by atoms with van der Waals surface area (Å²) in [5.41, 5.74) is 0.207. The summed E-state index contributed by atoms with van der Waals surface area (Å²) < 4.78 is 5.53. The predicted octanol–water partition coefficient (Wildman–Crippen LogP) is 2.51. The predicted molar refractivity (Wildman–Crippen MR) is 78.0 cm³/mol. The number of piperazine rings is 1. The normalized spacial score (nSPS) is 25.7. The molecule has 0 spiro atoms. The third-order valence-corrected chi connectivity index (χ3v) is 4.18. The van der Waals surface area contributed by atoms with Crippen LogP contribution < -0.4 is 5.32 Å². The molecule has 1 heterocycles. The molecule has 3 heteroatoms. The number of hydrogen-bond acceptors (Lipinski definition) is 3. The maximum absolute atomic E-state index is 5.53. The fraction of sp³-hybridized carbons (Fsp3) is 1.00. The van der Waals surface area contributed by atoms with Crippen LogP contribution in [0.4, 0.5) is 0 Å². The second kappa shape index (κ2) is 5.89. The molecular formula is C15H32N2O. The zero-order valence-corrected chi connectivity index (χ0v) is 13.3. The van der Waals surface area contributed by atoms with Crippen LogP contribution in [0.2, 0.25) is 0 Å². The fourth-order valence-electron chi connectivity index (χ4n) is 2.61. The summed E-state index contributed by atoms with van der Waals surface area (Å²) in [5, 5.41) is 3.66. The largest absolute Gasteiger partial charge is 0.379 e. The first kappa shape index (κ1) is 15.9. The van der Waals surface area contributed by atoms with Crippen molar-refractivity contribution in [2.75, 3.05) is 26.7 Å². The van der Waals surface area contributed by atoms with Crippen LogP contribution in [0.25, 0.3) is 0 Å². The highest BCUT2D eigenvalue weighted by molar-refractivity contribution is 4.93. The third-order valence-electron chi connectivity index (χ3n) is 4.18. The number of hydrogen-bond donors (Lipinski definition) is 1. The number of rotatable bonds is 5. The Labute approximate surface area is 113 Å². The van der Waals surface area contributed by atoms with E-state index in [0.717, 1.165) is 26.1 Å². The lowest BCUT2D eigenvalue weighted by Gasteiger charge is -2.47. The van der Waals surface area contributed by atoms with Crippen LogP contribution in [0.1, 0.15) is 48.0 Å². The first-order valence-electron chi connectivity index (χ1n) is 7.21. The Kier molecular flexibility index (Phi) is 5.22. The lowest BCUT2D eigenvalue weighted by atomic mass is 9.92. The number of nitrogens with zero attached hydrogens (tertiary/aromatic N) is 1. The van der Waals surface area contributed by atoms with Gasteiger partial charge in [-0.25, -0.2) is 0 Å². The van der Waals surface area contributed by atoms with E-state index < -0.39 is 0 Å². The van der Waals surface area contributed by atoms with Gasteiger partial charge in [0.2, 0.25) is 0 Å². The van der Waals surface area contributed by atoms with Gasteiger partial charge in [0.25, 0.3) is 0 Å². The van der Waals surface area contributed by atoms with Crippen molar-refractivity contribution < 1.29 is 4.74 Å². The molecule has 0 aromatic heterocycles. The first-order chi connectivity index (χ1) is 8.17. The van der Waals surface area contributed by atoms with Crippen LogP contribution in [0.3, 0.4) is 0 Å². The Bertz CT molecular complexity index is 261. The molecule has 1 rings (SSSR count). The molecule has 1 saturated heterocycles. The van der Waals surface area contributed by atoms with Gasteiger partial charge in [0.1, 0.15) is 0 Å². The van der Waals surface area contributed by atoms with E-state index in [4.69, 9.17) is 4.74 Å². The summed E-state index contributed by atoms with van der Waals surface area (Å²) >= 11 is 0. The Morgan fingerprint density at radius 1 is 1.39 bits per heavy atom. The van der Waals surface area contributed by atoms with E-state index in [9.17, 15) is 0 Å². The lowest BCUT2D eigenvalue weighted by Crippen LogP contribution is -2.63. The molecule has 0 radical (unpaired) electrons. The van der Waals surface area contributed by atoms with Crippen LogP contribution in [-0.4, -0.2) is 48.8 Å². The number of methoxy groups -OCH3 is 1. The molecule has 0 amide bonds. The zero-order valence-electron chi connectivity index (χ0n) is 13.3. The van der Waals surface area contributed by atoms with Crippen molar-refractivity contribution in [1.82, 2.24) is 10.2 Å². The minimum Gasteiger partial charge on any atom is -0.379 e. The third kappa shape index (κ3) is 4.52. The molecule has 18 heavy (non-hydrogen) atoms. The molecule has 1 fully saturated rings. The van der Waals surface area contributed by atoms with E-state index in [1.165, 1.54) is 0 Å². The van der Waals surface area contributed by atoms with Crippen molar-refractivity contribution in [2.24, 2.45) is 5.92 Å². The average molecular weight is 256 g/mol. The maximum atomic E-state index is 5.53. The molecule has 0 saturated carbocycles. The fourth-order valence-corrected chi connectivity index (χ4v) is 2.61.